The van der Waals surface area contributed by atoms with Crippen LogP contribution in [0.15, 0.2) is 47.8 Å². The van der Waals surface area contributed by atoms with Gasteiger partial charge in [0.1, 0.15) is 18.2 Å². The molecule has 32 heavy (non-hydrogen) atoms. The maximum absolute atomic E-state index is 14.4. The molecule has 1 aliphatic rings. The highest BCUT2D eigenvalue weighted by atomic mass is 32.1. The van der Waals surface area contributed by atoms with E-state index >= 15 is 0 Å². The van der Waals surface area contributed by atoms with E-state index in [-0.39, 0.29) is 23.5 Å². The standard InChI is InChI=1S/C23H22FN3O4S/c1-14(28)25-16-6-9-19(20(24)11-16)21-13-32-23(26-21)27-22(29)15-4-7-17(8-5-15)31-12-18-3-2-10-30-18/h4-9,11,13,18H,2-3,10,12H2,1H3,(H,25,28)(H,26,27,29)/t18-/m1/s1. The SMILES string of the molecule is CC(=O)Nc1ccc(-c2csc(NC(=O)c3ccc(OC[C@H]4CCCO4)cc3)n2)c(F)c1. The van der Waals surface area contributed by atoms with Crippen LogP contribution in [0.5, 0.6) is 5.75 Å². The zero-order chi connectivity index (χ0) is 22.5. The maximum Gasteiger partial charge on any atom is 0.257 e. The molecular formula is C23H22FN3O4S. The number of nitrogens with zero attached hydrogens (tertiary/aromatic N) is 1. The van der Waals surface area contributed by atoms with E-state index in [4.69, 9.17) is 9.47 Å². The molecule has 0 unspecified atom stereocenters. The molecular weight excluding hydrogens is 433 g/mol. The van der Waals surface area contributed by atoms with Crippen molar-refractivity contribution >= 4 is 34.0 Å². The van der Waals surface area contributed by atoms with Gasteiger partial charge in [-0.25, -0.2) is 9.37 Å². The lowest BCUT2D eigenvalue weighted by molar-refractivity contribution is -0.114. The van der Waals surface area contributed by atoms with Crippen molar-refractivity contribution in [1.82, 2.24) is 4.98 Å². The van der Waals surface area contributed by atoms with Gasteiger partial charge in [0.2, 0.25) is 5.91 Å². The number of halogens is 1. The van der Waals surface area contributed by atoms with Gasteiger partial charge in [-0.05, 0) is 55.3 Å². The molecule has 0 saturated carbocycles. The molecule has 0 radical (unpaired) electrons. The van der Waals surface area contributed by atoms with Gasteiger partial charge in [-0.2, -0.15) is 0 Å². The first-order valence-corrected chi connectivity index (χ1v) is 11.0. The molecule has 2 heterocycles. The molecule has 0 aliphatic carbocycles. The van der Waals surface area contributed by atoms with E-state index in [1.165, 1.54) is 30.4 Å². The lowest BCUT2D eigenvalue weighted by Gasteiger charge is -2.11. The van der Waals surface area contributed by atoms with E-state index in [0.29, 0.717) is 34.4 Å². The summed E-state index contributed by atoms with van der Waals surface area (Å²) in [5.74, 6) is -0.443. The Labute approximate surface area is 188 Å². The summed E-state index contributed by atoms with van der Waals surface area (Å²) in [6, 6.07) is 11.2. The number of carbonyl (C=O) groups is 2. The van der Waals surface area contributed by atoms with E-state index in [0.717, 1.165) is 19.4 Å². The smallest absolute Gasteiger partial charge is 0.257 e. The minimum absolute atomic E-state index is 0.128. The predicted molar refractivity (Wildman–Crippen MR) is 121 cm³/mol. The second-order valence-electron chi connectivity index (χ2n) is 7.34. The lowest BCUT2D eigenvalue weighted by atomic mass is 10.1. The molecule has 3 aromatic rings. The molecule has 1 saturated heterocycles. The van der Waals surface area contributed by atoms with Crippen LogP contribution in [0.4, 0.5) is 15.2 Å². The number of thiazole rings is 1. The highest BCUT2D eigenvalue weighted by Crippen LogP contribution is 2.29. The first-order valence-electron chi connectivity index (χ1n) is 10.2. The summed E-state index contributed by atoms with van der Waals surface area (Å²) in [6.45, 7) is 2.63. The average molecular weight is 456 g/mol. The molecule has 0 spiro atoms. The van der Waals surface area contributed by atoms with Crippen molar-refractivity contribution in [3.05, 3.63) is 59.2 Å². The van der Waals surface area contributed by atoms with Gasteiger partial charge in [0.05, 0.1) is 11.8 Å². The van der Waals surface area contributed by atoms with Gasteiger partial charge in [-0.15, -0.1) is 11.3 Å². The summed E-state index contributed by atoms with van der Waals surface area (Å²) >= 11 is 1.20. The number of hydrogen-bond acceptors (Lipinski definition) is 6. The molecule has 1 aromatic heterocycles. The second-order valence-corrected chi connectivity index (χ2v) is 8.20. The molecule has 2 N–H and O–H groups in total. The van der Waals surface area contributed by atoms with Crippen LogP contribution in [-0.4, -0.2) is 36.1 Å². The van der Waals surface area contributed by atoms with Gasteiger partial charge in [-0.1, -0.05) is 0 Å². The van der Waals surface area contributed by atoms with Crippen LogP contribution in [0.3, 0.4) is 0 Å². The largest absolute Gasteiger partial charge is 0.491 e. The summed E-state index contributed by atoms with van der Waals surface area (Å²) < 4.78 is 25.7. The lowest BCUT2D eigenvalue weighted by Crippen LogP contribution is -2.16. The molecule has 1 aliphatic heterocycles. The molecule has 7 nitrogen and oxygen atoms in total. The van der Waals surface area contributed by atoms with Crippen molar-refractivity contribution in [2.24, 2.45) is 0 Å². The zero-order valence-corrected chi connectivity index (χ0v) is 18.2. The van der Waals surface area contributed by atoms with Crippen LogP contribution in [0.25, 0.3) is 11.3 Å². The van der Waals surface area contributed by atoms with Crippen LogP contribution >= 0.6 is 11.3 Å². The Bertz CT molecular complexity index is 1110. The number of nitrogens with one attached hydrogen (secondary N) is 2. The van der Waals surface area contributed by atoms with Gasteiger partial charge in [-0.3, -0.25) is 14.9 Å². The van der Waals surface area contributed by atoms with Gasteiger partial charge in [0, 0.05) is 35.7 Å². The third kappa shape index (κ3) is 5.49. The number of ether oxygens (including phenoxy) is 2. The van der Waals surface area contributed by atoms with Gasteiger partial charge in [0.25, 0.3) is 5.91 Å². The van der Waals surface area contributed by atoms with E-state index in [1.54, 1.807) is 35.7 Å². The number of amides is 2. The summed E-state index contributed by atoms with van der Waals surface area (Å²) in [6.07, 6.45) is 2.18. The summed E-state index contributed by atoms with van der Waals surface area (Å²) in [7, 11) is 0. The normalized spacial score (nSPS) is 15.4. The Morgan fingerprint density at radius 3 is 2.72 bits per heavy atom. The Kier molecular flexibility index (Phi) is 6.77. The number of rotatable bonds is 7. The van der Waals surface area contributed by atoms with E-state index < -0.39 is 5.82 Å². The number of carbonyl (C=O) groups excluding carboxylic acids is 2. The number of hydrogen-bond donors (Lipinski definition) is 2. The molecule has 2 aromatic carbocycles. The molecule has 2 amide bonds. The molecule has 9 heteroatoms. The molecule has 1 fully saturated rings. The predicted octanol–water partition coefficient (Wildman–Crippen LogP) is 4.72. The monoisotopic (exact) mass is 455 g/mol. The third-order valence-corrected chi connectivity index (χ3v) is 5.62. The summed E-state index contributed by atoms with van der Waals surface area (Å²) in [4.78, 5) is 28.0. The van der Waals surface area contributed by atoms with Crippen molar-refractivity contribution in [1.29, 1.82) is 0 Å². The van der Waals surface area contributed by atoms with Crippen LogP contribution < -0.4 is 15.4 Å². The van der Waals surface area contributed by atoms with Gasteiger partial charge >= 0.3 is 0 Å². The Hall–Kier alpha value is -3.30. The topological polar surface area (TPSA) is 89.6 Å². The van der Waals surface area contributed by atoms with Crippen LogP contribution in [-0.2, 0) is 9.53 Å². The quantitative estimate of drug-likeness (QED) is 0.538. The van der Waals surface area contributed by atoms with Crippen molar-refractivity contribution in [3.63, 3.8) is 0 Å². The highest BCUT2D eigenvalue weighted by Gasteiger charge is 2.16. The molecule has 4 rings (SSSR count). The molecule has 1 atom stereocenters. The van der Waals surface area contributed by atoms with Gasteiger partial charge < -0.3 is 14.8 Å². The van der Waals surface area contributed by atoms with Crippen LogP contribution in [0.2, 0.25) is 0 Å². The summed E-state index contributed by atoms with van der Waals surface area (Å²) in [5, 5.41) is 7.28. The van der Waals surface area contributed by atoms with E-state index in [2.05, 4.69) is 15.6 Å². The molecule has 0 bridgehead atoms. The third-order valence-electron chi connectivity index (χ3n) is 4.87. The zero-order valence-electron chi connectivity index (χ0n) is 17.4. The van der Waals surface area contributed by atoms with E-state index in [9.17, 15) is 14.0 Å². The van der Waals surface area contributed by atoms with Gasteiger partial charge in [0.15, 0.2) is 5.13 Å². The molecule has 166 valence electrons. The number of aromatic nitrogens is 1. The minimum Gasteiger partial charge on any atom is -0.491 e. The Morgan fingerprint density at radius 1 is 1.22 bits per heavy atom. The maximum atomic E-state index is 14.4. The van der Waals surface area contributed by atoms with Crippen molar-refractivity contribution in [2.45, 2.75) is 25.9 Å². The number of benzene rings is 2. The van der Waals surface area contributed by atoms with Crippen molar-refractivity contribution in [3.8, 4) is 17.0 Å². The van der Waals surface area contributed by atoms with Crippen molar-refractivity contribution < 1.29 is 23.5 Å². The van der Waals surface area contributed by atoms with Crippen LogP contribution in [0.1, 0.15) is 30.1 Å². The van der Waals surface area contributed by atoms with E-state index in [1.807, 2.05) is 0 Å². The average Bonchev–Trinajstić information content (AvgIpc) is 3.44. The fourth-order valence-corrected chi connectivity index (χ4v) is 4.00. The second kappa shape index (κ2) is 9.88. The Morgan fingerprint density at radius 2 is 2.03 bits per heavy atom. The fraction of sp³-hybridized carbons (Fsp3) is 0.261. The fourth-order valence-electron chi connectivity index (χ4n) is 3.30. The minimum atomic E-state index is -0.516. The van der Waals surface area contributed by atoms with Crippen LogP contribution in [0, 0.1) is 5.82 Å². The number of anilines is 2. The first kappa shape index (κ1) is 21.9. The first-order chi connectivity index (χ1) is 15.5. The summed E-state index contributed by atoms with van der Waals surface area (Å²) in [5.41, 5.74) is 1.50. The van der Waals surface area contributed by atoms with Crippen molar-refractivity contribution in [2.75, 3.05) is 23.8 Å². The Balaban J connectivity index is 1.36. The highest BCUT2D eigenvalue weighted by molar-refractivity contribution is 7.14.